The maximum atomic E-state index is 12.7. The number of aliphatic hydroxyl groups is 1. The highest BCUT2D eigenvalue weighted by Gasteiger charge is 2.36. The number of aromatic hydroxyl groups is 1. The zero-order valence-electron chi connectivity index (χ0n) is 11.9. The topological polar surface area (TPSA) is 64.0 Å². The third kappa shape index (κ3) is 3.99. The van der Waals surface area contributed by atoms with Crippen LogP contribution in [0.25, 0.3) is 0 Å². The van der Waals surface area contributed by atoms with Crippen LogP contribution in [0.4, 0.5) is 0 Å². The lowest BCUT2D eigenvalue weighted by atomic mass is 10.1. The van der Waals surface area contributed by atoms with Crippen LogP contribution in [0.2, 0.25) is 0 Å². The molecule has 0 radical (unpaired) electrons. The minimum absolute atomic E-state index is 0.0195. The van der Waals surface area contributed by atoms with Gasteiger partial charge in [-0.1, -0.05) is 0 Å². The number of aliphatic hydroxyl groups excluding tert-OH is 1. The Hall–Kier alpha value is -0.130. The molecule has 1 aliphatic heterocycles. The van der Waals surface area contributed by atoms with Crippen LogP contribution in [0.15, 0.2) is 12.1 Å². The molecule has 1 aliphatic rings. The number of benzene rings is 1. The molecule has 116 valence electrons. The zero-order chi connectivity index (χ0) is 15.7. The highest BCUT2D eigenvalue weighted by Crippen LogP contribution is 2.30. The molecule has 1 aromatic rings. The normalized spacial score (nSPS) is 22.1. The SMILES string of the molecule is CN(C)CC1CC(O)CN1C(=O)c1cc(I)cc(I)c1O. The molecule has 2 rings (SSSR count). The van der Waals surface area contributed by atoms with Gasteiger partial charge in [0.1, 0.15) is 5.75 Å². The van der Waals surface area contributed by atoms with Gasteiger partial charge in [-0.15, -0.1) is 0 Å². The van der Waals surface area contributed by atoms with Crippen molar-refractivity contribution >= 4 is 51.1 Å². The second-order valence-electron chi connectivity index (χ2n) is 5.55. The Bertz CT molecular complexity index is 551. The van der Waals surface area contributed by atoms with E-state index in [4.69, 9.17) is 0 Å². The monoisotopic (exact) mass is 516 g/mol. The molecule has 1 amide bonds. The molecule has 5 nitrogen and oxygen atoms in total. The number of hydrogen-bond acceptors (Lipinski definition) is 4. The van der Waals surface area contributed by atoms with E-state index >= 15 is 0 Å². The minimum atomic E-state index is -0.497. The van der Waals surface area contributed by atoms with E-state index in [-0.39, 0.29) is 17.7 Å². The van der Waals surface area contributed by atoms with Gasteiger partial charge in [0.15, 0.2) is 0 Å². The largest absolute Gasteiger partial charge is 0.506 e. The average Bonchev–Trinajstić information content (AvgIpc) is 2.73. The molecule has 0 bridgehead atoms. The lowest BCUT2D eigenvalue weighted by molar-refractivity contribution is 0.0696. The molecule has 0 aliphatic carbocycles. The first-order chi connectivity index (χ1) is 9.79. The molecule has 21 heavy (non-hydrogen) atoms. The number of likely N-dealkylation sites (tertiary alicyclic amines) is 1. The molecule has 0 aromatic heterocycles. The second kappa shape index (κ2) is 6.97. The maximum Gasteiger partial charge on any atom is 0.258 e. The Balaban J connectivity index is 2.30. The Labute approximate surface area is 151 Å². The standard InChI is InChI=1S/C14H18I2N2O3/c1-17(2)6-9-5-10(19)7-18(9)14(21)11-3-8(15)4-12(16)13(11)20/h3-4,9-10,19-20H,5-7H2,1-2H3. The van der Waals surface area contributed by atoms with Crippen LogP contribution in [0.1, 0.15) is 16.8 Å². The summed E-state index contributed by atoms with van der Waals surface area (Å²) in [6.45, 7) is 1.02. The van der Waals surface area contributed by atoms with Crippen LogP contribution < -0.4 is 0 Å². The summed E-state index contributed by atoms with van der Waals surface area (Å²) in [4.78, 5) is 16.4. The highest BCUT2D eigenvalue weighted by molar-refractivity contribution is 14.1. The summed E-state index contributed by atoms with van der Waals surface area (Å²) in [7, 11) is 3.89. The summed E-state index contributed by atoms with van der Waals surface area (Å²) >= 11 is 4.15. The van der Waals surface area contributed by atoms with Gasteiger partial charge >= 0.3 is 0 Å². The highest BCUT2D eigenvalue weighted by atomic mass is 127. The lowest BCUT2D eigenvalue weighted by Crippen LogP contribution is -2.41. The van der Waals surface area contributed by atoms with Crippen molar-refractivity contribution in [3.05, 3.63) is 24.8 Å². The lowest BCUT2D eigenvalue weighted by Gasteiger charge is -2.27. The first-order valence-electron chi connectivity index (χ1n) is 6.61. The van der Waals surface area contributed by atoms with E-state index in [2.05, 4.69) is 22.6 Å². The van der Waals surface area contributed by atoms with Crippen LogP contribution in [0.3, 0.4) is 0 Å². The fraction of sp³-hybridized carbons (Fsp3) is 0.500. The summed E-state index contributed by atoms with van der Waals surface area (Å²) in [6.07, 6.45) is 0.0778. The number of amides is 1. The smallest absolute Gasteiger partial charge is 0.258 e. The first-order valence-corrected chi connectivity index (χ1v) is 8.77. The fourth-order valence-corrected chi connectivity index (χ4v) is 4.46. The summed E-state index contributed by atoms with van der Waals surface area (Å²) in [5.74, 6) is -0.196. The molecule has 1 heterocycles. The number of carbonyl (C=O) groups is 1. The molecule has 1 saturated heterocycles. The molecule has 0 saturated carbocycles. The average molecular weight is 516 g/mol. The van der Waals surface area contributed by atoms with Gasteiger partial charge in [0.25, 0.3) is 5.91 Å². The number of β-amino-alcohol motifs (C(OH)–C–C–N with tert-alkyl or cyclic N) is 1. The molecule has 2 unspecified atom stereocenters. The minimum Gasteiger partial charge on any atom is -0.506 e. The summed E-state index contributed by atoms with van der Waals surface area (Å²) < 4.78 is 1.56. The summed E-state index contributed by atoms with van der Waals surface area (Å²) in [5, 5.41) is 20.0. The van der Waals surface area contributed by atoms with E-state index in [1.165, 1.54) is 0 Å². The molecule has 2 N–H and O–H groups in total. The predicted octanol–water partition coefficient (Wildman–Crippen LogP) is 1.74. The van der Waals surface area contributed by atoms with Crippen molar-refractivity contribution < 1.29 is 15.0 Å². The third-order valence-corrected chi connectivity index (χ3v) is 4.93. The number of phenols is 1. The van der Waals surface area contributed by atoms with Crippen molar-refractivity contribution in [3.63, 3.8) is 0 Å². The number of likely N-dealkylation sites (N-methyl/N-ethyl adjacent to an activating group) is 1. The molecular weight excluding hydrogens is 498 g/mol. The van der Waals surface area contributed by atoms with Gasteiger partial charge in [-0.25, -0.2) is 0 Å². The number of hydrogen-bond donors (Lipinski definition) is 2. The molecule has 1 fully saturated rings. The van der Waals surface area contributed by atoms with Gasteiger partial charge in [0.05, 0.1) is 15.2 Å². The van der Waals surface area contributed by atoms with Crippen LogP contribution in [-0.2, 0) is 0 Å². The Morgan fingerprint density at radius 2 is 2.10 bits per heavy atom. The maximum absolute atomic E-state index is 12.7. The number of halogens is 2. The van der Waals surface area contributed by atoms with E-state index < -0.39 is 6.10 Å². The third-order valence-electron chi connectivity index (χ3n) is 3.49. The van der Waals surface area contributed by atoms with Gasteiger partial charge in [-0.2, -0.15) is 0 Å². The van der Waals surface area contributed by atoms with Gasteiger partial charge in [0.2, 0.25) is 0 Å². The van der Waals surface area contributed by atoms with Crippen LogP contribution in [-0.4, -0.2) is 65.3 Å². The van der Waals surface area contributed by atoms with Crippen LogP contribution in [0, 0.1) is 7.14 Å². The van der Waals surface area contributed by atoms with Gasteiger partial charge in [-0.3, -0.25) is 4.79 Å². The summed E-state index contributed by atoms with van der Waals surface area (Å²) in [6, 6.07) is 3.48. The number of phenolic OH excluding ortho intramolecular Hbond substituents is 1. The van der Waals surface area contributed by atoms with Crippen LogP contribution in [0.5, 0.6) is 5.75 Å². The molecule has 0 spiro atoms. The Morgan fingerprint density at radius 1 is 1.43 bits per heavy atom. The van der Waals surface area contributed by atoms with E-state index in [0.717, 1.165) is 3.57 Å². The Morgan fingerprint density at radius 3 is 2.71 bits per heavy atom. The van der Waals surface area contributed by atoms with E-state index in [1.54, 1.807) is 11.0 Å². The van der Waals surface area contributed by atoms with E-state index in [0.29, 0.717) is 28.6 Å². The van der Waals surface area contributed by atoms with Crippen molar-refractivity contribution in [2.24, 2.45) is 0 Å². The predicted molar refractivity (Wildman–Crippen MR) is 97.5 cm³/mol. The summed E-state index contributed by atoms with van der Waals surface area (Å²) in [5.41, 5.74) is 0.309. The van der Waals surface area contributed by atoms with E-state index in [1.807, 2.05) is 47.7 Å². The quantitative estimate of drug-likeness (QED) is 0.602. The zero-order valence-corrected chi connectivity index (χ0v) is 16.2. The first kappa shape index (κ1) is 17.2. The van der Waals surface area contributed by atoms with Gasteiger partial charge in [0, 0.05) is 22.7 Å². The Kier molecular flexibility index (Phi) is 5.71. The van der Waals surface area contributed by atoms with Crippen molar-refractivity contribution in [2.45, 2.75) is 18.6 Å². The molecule has 7 heteroatoms. The van der Waals surface area contributed by atoms with Crippen molar-refractivity contribution in [1.82, 2.24) is 9.80 Å². The molecule has 1 aromatic carbocycles. The van der Waals surface area contributed by atoms with Gasteiger partial charge < -0.3 is 20.0 Å². The van der Waals surface area contributed by atoms with Crippen molar-refractivity contribution in [2.75, 3.05) is 27.2 Å². The fourth-order valence-electron chi connectivity index (χ4n) is 2.62. The molecular formula is C14H18I2N2O3. The number of rotatable bonds is 3. The number of nitrogens with zero attached hydrogens (tertiary/aromatic N) is 2. The van der Waals surface area contributed by atoms with Crippen LogP contribution >= 0.6 is 45.2 Å². The number of carbonyl (C=O) groups excluding carboxylic acids is 1. The molecule has 2 atom stereocenters. The second-order valence-corrected chi connectivity index (χ2v) is 7.95. The van der Waals surface area contributed by atoms with Crippen molar-refractivity contribution in [1.29, 1.82) is 0 Å². The van der Waals surface area contributed by atoms with Crippen molar-refractivity contribution in [3.8, 4) is 5.75 Å². The van der Waals surface area contributed by atoms with Gasteiger partial charge in [-0.05, 0) is 77.8 Å². The van der Waals surface area contributed by atoms with E-state index in [9.17, 15) is 15.0 Å².